The molecule has 0 radical (unpaired) electrons. The number of benzene rings is 1. The lowest BCUT2D eigenvalue weighted by Gasteiger charge is -2.25. The van der Waals surface area contributed by atoms with Crippen LogP contribution in [0.25, 0.3) is 0 Å². The molecule has 0 heterocycles. The van der Waals surface area contributed by atoms with Crippen LogP contribution in [0.4, 0.5) is 0 Å². The van der Waals surface area contributed by atoms with Crippen LogP contribution in [0.3, 0.4) is 0 Å². The molecule has 0 bridgehead atoms. The van der Waals surface area contributed by atoms with Gasteiger partial charge in [0.15, 0.2) is 6.29 Å². The van der Waals surface area contributed by atoms with Gasteiger partial charge in [-0.1, -0.05) is 18.2 Å². The van der Waals surface area contributed by atoms with Crippen molar-refractivity contribution in [2.24, 2.45) is 0 Å². The van der Waals surface area contributed by atoms with Crippen molar-refractivity contribution in [2.75, 3.05) is 14.2 Å². The van der Waals surface area contributed by atoms with Crippen molar-refractivity contribution < 1.29 is 28.7 Å². The van der Waals surface area contributed by atoms with Crippen LogP contribution in [0.5, 0.6) is 0 Å². The molecule has 0 saturated heterocycles. The number of ether oxygens (including phenoxy) is 2. The second-order valence-electron chi connectivity index (χ2n) is 4.15. The van der Waals surface area contributed by atoms with Crippen molar-refractivity contribution in [2.45, 2.75) is 12.0 Å². The maximum Gasteiger partial charge on any atom is 0.339 e. The minimum absolute atomic E-state index is 0.163. The molecule has 1 atom stereocenters. The Morgan fingerprint density at radius 1 is 1.14 bits per heavy atom. The van der Waals surface area contributed by atoms with Crippen molar-refractivity contribution in [1.29, 1.82) is 0 Å². The van der Waals surface area contributed by atoms with E-state index in [2.05, 4.69) is 14.8 Å². The number of methoxy groups -OCH3 is 2. The van der Waals surface area contributed by atoms with Gasteiger partial charge in [-0.25, -0.2) is 4.79 Å². The van der Waals surface area contributed by atoms with Gasteiger partial charge in [0.1, 0.15) is 0 Å². The summed E-state index contributed by atoms with van der Waals surface area (Å²) in [7, 11) is 2.15. The highest BCUT2D eigenvalue weighted by atomic mass is 16.5. The Balaban J connectivity index is 3.07. The summed E-state index contributed by atoms with van der Waals surface area (Å²) in [4.78, 5) is 46.6. The molecule has 1 amide bonds. The summed E-state index contributed by atoms with van der Waals surface area (Å²) < 4.78 is 8.93. The first-order chi connectivity index (χ1) is 9.99. The molecule has 7 heteroatoms. The first kappa shape index (κ1) is 16.4. The van der Waals surface area contributed by atoms with E-state index in [4.69, 9.17) is 0 Å². The van der Waals surface area contributed by atoms with Gasteiger partial charge in [-0.3, -0.25) is 9.59 Å². The van der Waals surface area contributed by atoms with E-state index in [1.807, 2.05) is 0 Å². The molecule has 0 aliphatic carbocycles. The maximum absolute atomic E-state index is 12.1. The molecule has 0 unspecified atom stereocenters. The third kappa shape index (κ3) is 3.88. The number of carbonyl (C=O) groups is 4. The quantitative estimate of drug-likeness (QED) is 0.453. The zero-order valence-electron chi connectivity index (χ0n) is 11.6. The molecule has 1 aromatic rings. The van der Waals surface area contributed by atoms with E-state index in [1.165, 1.54) is 12.1 Å². The number of nitrogens with one attached hydrogen (secondary N) is 1. The van der Waals surface area contributed by atoms with E-state index in [9.17, 15) is 19.2 Å². The molecule has 1 rings (SSSR count). The molecule has 112 valence electrons. The van der Waals surface area contributed by atoms with Crippen LogP contribution in [0.2, 0.25) is 0 Å². The second-order valence-corrected chi connectivity index (χ2v) is 4.15. The average Bonchev–Trinajstić information content (AvgIpc) is 2.53. The smallest absolute Gasteiger partial charge is 0.339 e. The van der Waals surface area contributed by atoms with Gasteiger partial charge in [0, 0.05) is 5.56 Å². The summed E-state index contributed by atoms with van der Waals surface area (Å²) >= 11 is 0. The Morgan fingerprint density at radius 2 is 1.76 bits per heavy atom. The number of amides is 1. The Bertz CT molecular complexity index is 542. The van der Waals surface area contributed by atoms with Crippen LogP contribution >= 0.6 is 0 Å². The van der Waals surface area contributed by atoms with Crippen molar-refractivity contribution in [3.63, 3.8) is 0 Å². The van der Waals surface area contributed by atoms with Gasteiger partial charge >= 0.3 is 11.9 Å². The molecule has 0 aromatic heterocycles. The van der Waals surface area contributed by atoms with Crippen LogP contribution in [-0.4, -0.2) is 43.9 Å². The van der Waals surface area contributed by atoms with E-state index in [-0.39, 0.29) is 11.8 Å². The molecule has 7 nitrogen and oxygen atoms in total. The molecule has 1 aromatic carbocycles. The van der Waals surface area contributed by atoms with Crippen molar-refractivity contribution in [1.82, 2.24) is 5.32 Å². The summed E-state index contributed by atoms with van der Waals surface area (Å²) in [6.45, 7) is 0. The molecular weight excluding hydrogens is 278 g/mol. The Labute approximate surface area is 121 Å². The van der Waals surface area contributed by atoms with Gasteiger partial charge < -0.3 is 19.6 Å². The highest BCUT2D eigenvalue weighted by molar-refractivity contribution is 6.07. The molecule has 1 N–H and O–H groups in total. The highest BCUT2D eigenvalue weighted by Crippen LogP contribution is 2.13. The monoisotopic (exact) mass is 293 g/mol. The van der Waals surface area contributed by atoms with E-state index >= 15 is 0 Å². The standard InChI is InChI=1S/C14H15NO6/c1-20-11(17)8-14(9-16,13(19)21-2)15-12(18)10-6-4-3-5-7-10/h3-7,9H,8H2,1-2H3,(H,15,18)/t14-/m1/s1. The van der Waals surface area contributed by atoms with E-state index < -0.39 is 29.8 Å². The number of hydrogen-bond acceptors (Lipinski definition) is 6. The highest BCUT2D eigenvalue weighted by Gasteiger charge is 2.44. The predicted octanol–water partition coefficient (Wildman–Crippen LogP) is 0.0902. The summed E-state index contributed by atoms with van der Waals surface area (Å²) in [6, 6.07) is 7.95. The van der Waals surface area contributed by atoms with Crippen LogP contribution in [0, 0.1) is 0 Å². The van der Waals surface area contributed by atoms with Crippen LogP contribution in [0.1, 0.15) is 16.8 Å². The lowest BCUT2D eigenvalue weighted by Crippen LogP contribution is -2.57. The lowest BCUT2D eigenvalue weighted by atomic mass is 9.96. The number of carbonyl (C=O) groups excluding carboxylic acids is 4. The van der Waals surface area contributed by atoms with Gasteiger partial charge in [-0.2, -0.15) is 0 Å². The number of aldehydes is 1. The lowest BCUT2D eigenvalue weighted by molar-refractivity contribution is -0.156. The van der Waals surface area contributed by atoms with Gasteiger partial charge in [0.2, 0.25) is 5.54 Å². The van der Waals surface area contributed by atoms with Gasteiger partial charge in [0.25, 0.3) is 5.91 Å². The normalized spacial score (nSPS) is 12.7. The van der Waals surface area contributed by atoms with E-state index in [0.29, 0.717) is 0 Å². The Kier molecular flexibility index (Phi) is 5.59. The van der Waals surface area contributed by atoms with Gasteiger partial charge in [-0.15, -0.1) is 0 Å². The third-order valence-electron chi connectivity index (χ3n) is 2.77. The fourth-order valence-electron chi connectivity index (χ4n) is 1.63. The van der Waals surface area contributed by atoms with Crippen molar-refractivity contribution >= 4 is 24.1 Å². The van der Waals surface area contributed by atoms with E-state index in [1.54, 1.807) is 18.2 Å². The first-order valence-corrected chi connectivity index (χ1v) is 5.98. The molecule has 0 spiro atoms. The molecule has 0 saturated carbocycles. The molecular formula is C14H15NO6. The Hall–Kier alpha value is -2.70. The zero-order chi connectivity index (χ0) is 15.9. The molecule has 21 heavy (non-hydrogen) atoms. The topological polar surface area (TPSA) is 98.8 Å². The summed E-state index contributed by atoms with van der Waals surface area (Å²) in [5, 5.41) is 2.23. The Morgan fingerprint density at radius 3 is 2.24 bits per heavy atom. The summed E-state index contributed by atoms with van der Waals surface area (Å²) in [5.74, 6) is -2.56. The number of esters is 2. The fraction of sp³-hybridized carbons (Fsp3) is 0.286. The summed E-state index contributed by atoms with van der Waals surface area (Å²) in [5.41, 5.74) is -1.88. The van der Waals surface area contributed by atoms with Crippen LogP contribution < -0.4 is 5.32 Å². The minimum atomic E-state index is -2.12. The van der Waals surface area contributed by atoms with Gasteiger partial charge in [-0.05, 0) is 12.1 Å². The molecule has 0 aliphatic heterocycles. The summed E-state index contributed by atoms with van der Waals surface area (Å²) in [6.07, 6.45) is -0.491. The molecule has 0 aliphatic rings. The van der Waals surface area contributed by atoms with Crippen molar-refractivity contribution in [3.8, 4) is 0 Å². The number of rotatable bonds is 6. The maximum atomic E-state index is 12.1. The minimum Gasteiger partial charge on any atom is -0.469 e. The second kappa shape index (κ2) is 7.18. The van der Waals surface area contributed by atoms with Crippen molar-refractivity contribution in [3.05, 3.63) is 35.9 Å². The first-order valence-electron chi connectivity index (χ1n) is 5.98. The van der Waals surface area contributed by atoms with E-state index in [0.717, 1.165) is 14.2 Å². The zero-order valence-corrected chi connectivity index (χ0v) is 11.6. The van der Waals surface area contributed by atoms with Crippen LogP contribution in [-0.2, 0) is 23.9 Å². The SMILES string of the molecule is COC(=O)C[C@](C=O)(NC(=O)c1ccccc1)C(=O)OC. The van der Waals surface area contributed by atoms with Gasteiger partial charge in [0.05, 0.1) is 20.6 Å². The average molecular weight is 293 g/mol. The fourth-order valence-corrected chi connectivity index (χ4v) is 1.63. The predicted molar refractivity (Wildman–Crippen MR) is 71.4 cm³/mol. The van der Waals surface area contributed by atoms with Crippen LogP contribution in [0.15, 0.2) is 30.3 Å². The third-order valence-corrected chi connectivity index (χ3v) is 2.77. The molecule has 0 fully saturated rings. The largest absolute Gasteiger partial charge is 0.469 e. The number of hydrogen-bond donors (Lipinski definition) is 1.